The summed E-state index contributed by atoms with van der Waals surface area (Å²) >= 11 is 0. The molecule has 36 heavy (non-hydrogen) atoms. The number of nitrogens with two attached hydrogens (primary N) is 2. The number of nitrogens with zero attached hydrogens (tertiary/aromatic N) is 1. The first-order chi connectivity index (χ1) is 17.0. The van der Waals surface area contributed by atoms with Gasteiger partial charge in [0.25, 0.3) is 0 Å². The maximum Gasteiger partial charge on any atom is 0.417 e. The summed E-state index contributed by atoms with van der Waals surface area (Å²) in [4.78, 5) is 26.2. The predicted molar refractivity (Wildman–Crippen MR) is 133 cm³/mol. The second-order valence-electron chi connectivity index (χ2n) is 7.96. The largest absolute Gasteiger partial charge is 0.440 e. The third-order valence-electron chi connectivity index (χ3n) is 5.44. The van der Waals surface area contributed by atoms with Crippen molar-refractivity contribution in [2.45, 2.75) is 24.2 Å². The summed E-state index contributed by atoms with van der Waals surface area (Å²) in [5, 5.41) is 15.5. The van der Waals surface area contributed by atoms with Crippen LogP contribution in [-0.4, -0.2) is 38.8 Å². The minimum atomic E-state index is -3.92. The fourth-order valence-electron chi connectivity index (χ4n) is 3.76. The lowest BCUT2D eigenvalue weighted by Crippen LogP contribution is -2.40. The van der Waals surface area contributed by atoms with E-state index in [0.717, 1.165) is 0 Å². The minimum Gasteiger partial charge on any atom is -0.440 e. The van der Waals surface area contributed by atoms with Crippen LogP contribution >= 0.6 is 0 Å². The summed E-state index contributed by atoms with van der Waals surface area (Å²) in [6.45, 7) is 1.59. The van der Waals surface area contributed by atoms with Crippen molar-refractivity contribution < 1.29 is 27.5 Å². The lowest BCUT2D eigenvalue weighted by molar-refractivity contribution is 0.0551. The molecule has 0 spiro atoms. The number of rotatable bonds is 6. The van der Waals surface area contributed by atoms with Crippen molar-refractivity contribution in [1.82, 2.24) is 0 Å². The monoisotopic (exact) mass is 509 g/mol. The fourth-order valence-corrected chi connectivity index (χ4v) is 4.52. The van der Waals surface area contributed by atoms with Gasteiger partial charge >= 0.3 is 12.2 Å². The number of carbonyl (C=O) groups is 2. The van der Waals surface area contributed by atoms with Gasteiger partial charge in [0.2, 0.25) is 16.3 Å². The van der Waals surface area contributed by atoms with Crippen LogP contribution < -0.4 is 21.1 Å². The average molecular weight is 510 g/mol. The van der Waals surface area contributed by atoms with E-state index < -0.39 is 34.5 Å². The van der Waals surface area contributed by atoms with Crippen molar-refractivity contribution >= 4 is 39.4 Å². The first kappa shape index (κ1) is 24.7. The second kappa shape index (κ2) is 9.68. The Labute approximate surface area is 207 Å². The maximum absolute atomic E-state index is 12.6. The van der Waals surface area contributed by atoms with Gasteiger partial charge in [-0.1, -0.05) is 42.5 Å². The van der Waals surface area contributed by atoms with Crippen LogP contribution in [0.2, 0.25) is 0 Å². The summed E-state index contributed by atoms with van der Waals surface area (Å²) < 4.78 is 34.5. The first-order valence-corrected chi connectivity index (χ1v) is 12.2. The van der Waals surface area contributed by atoms with Crippen molar-refractivity contribution in [2.24, 2.45) is 10.9 Å². The minimum absolute atomic E-state index is 0.0149. The molecule has 0 aromatic heterocycles. The van der Waals surface area contributed by atoms with Gasteiger partial charge in [-0.05, 0) is 42.8 Å². The SMILES string of the molecule is CC1OC(=O)N(c2cccc(C(=N)N)c2)C1OC(=O)Nc1ccc(-c2ccccc2S(N)(=O)=O)cc1. The first-order valence-electron chi connectivity index (χ1n) is 10.7. The number of amidine groups is 1. The van der Waals surface area contributed by atoms with Crippen molar-refractivity contribution in [1.29, 1.82) is 5.41 Å². The van der Waals surface area contributed by atoms with Gasteiger partial charge in [0.15, 0.2) is 6.10 Å². The number of hydrogen-bond donors (Lipinski definition) is 4. The zero-order chi connectivity index (χ0) is 26.0. The van der Waals surface area contributed by atoms with Crippen molar-refractivity contribution in [3.05, 3.63) is 78.4 Å². The molecule has 12 heteroatoms. The Bertz CT molecular complexity index is 1440. The maximum atomic E-state index is 12.6. The zero-order valence-electron chi connectivity index (χ0n) is 19.0. The van der Waals surface area contributed by atoms with E-state index in [-0.39, 0.29) is 10.7 Å². The van der Waals surface area contributed by atoms with Gasteiger partial charge in [-0.3, -0.25) is 10.7 Å². The van der Waals surface area contributed by atoms with E-state index in [1.54, 1.807) is 67.6 Å². The standard InChI is InChI=1S/C24H23N5O6S/c1-14-22(29(24(31)34-14)18-6-4-5-16(13-18)21(25)26)35-23(30)28-17-11-9-15(10-12-17)19-7-2-3-8-20(19)36(27,32)33/h2-14,22H,1H3,(H3,25,26)(H,28,30)(H2,27,32,33). The number of nitrogen functional groups attached to an aromatic ring is 1. The molecule has 3 aromatic rings. The molecule has 2 unspecified atom stereocenters. The van der Waals surface area contributed by atoms with Gasteiger partial charge in [-0.15, -0.1) is 0 Å². The van der Waals surface area contributed by atoms with E-state index in [1.807, 2.05) is 0 Å². The van der Waals surface area contributed by atoms with Gasteiger partial charge in [0.1, 0.15) is 5.84 Å². The molecule has 11 nitrogen and oxygen atoms in total. The van der Waals surface area contributed by atoms with Gasteiger partial charge in [-0.2, -0.15) is 0 Å². The lowest BCUT2D eigenvalue weighted by atomic mass is 10.1. The van der Waals surface area contributed by atoms with E-state index in [4.69, 9.17) is 25.8 Å². The van der Waals surface area contributed by atoms with Gasteiger partial charge in [0, 0.05) is 16.8 Å². The molecule has 1 saturated heterocycles. The van der Waals surface area contributed by atoms with Gasteiger partial charge in [-0.25, -0.2) is 28.0 Å². The summed E-state index contributed by atoms with van der Waals surface area (Å²) in [5.74, 6) is -0.178. The molecule has 0 saturated carbocycles. The molecule has 1 heterocycles. The molecular formula is C24H23N5O6S. The number of benzene rings is 3. The molecule has 4 rings (SSSR count). The Balaban J connectivity index is 1.50. The number of primary sulfonamides is 1. The van der Waals surface area contributed by atoms with Crippen molar-refractivity contribution in [2.75, 3.05) is 10.2 Å². The highest BCUT2D eigenvalue weighted by atomic mass is 32.2. The lowest BCUT2D eigenvalue weighted by Gasteiger charge is -2.23. The Hall–Kier alpha value is -4.42. The van der Waals surface area contributed by atoms with Gasteiger partial charge in [0.05, 0.1) is 10.6 Å². The van der Waals surface area contributed by atoms with Crippen LogP contribution in [-0.2, 0) is 19.5 Å². The highest BCUT2D eigenvalue weighted by Gasteiger charge is 2.43. The summed E-state index contributed by atoms with van der Waals surface area (Å²) in [6, 6.07) is 19.1. The van der Waals surface area contributed by atoms with Gasteiger partial charge < -0.3 is 15.2 Å². The third kappa shape index (κ3) is 5.14. The summed E-state index contributed by atoms with van der Waals surface area (Å²) in [7, 11) is -3.92. The molecule has 2 amide bonds. The molecule has 2 atom stereocenters. The molecule has 0 bridgehead atoms. The van der Waals surface area contributed by atoms with Crippen LogP contribution in [0.25, 0.3) is 11.1 Å². The number of sulfonamides is 1. The van der Waals surface area contributed by atoms with Crippen LogP contribution in [0.1, 0.15) is 12.5 Å². The van der Waals surface area contributed by atoms with E-state index in [9.17, 15) is 18.0 Å². The van der Waals surface area contributed by atoms with E-state index in [1.165, 1.54) is 17.0 Å². The summed E-state index contributed by atoms with van der Waals surface area (Å²) in [6.07, 6.45) is -3.38. The predicted octanol–water partition coefficient (Wildman–Crippen LogP) is 3.20. The Morgan fingerprint density at radius 1 is 1.08 bits per heavy atom. The summed E-state index contributed by atoms with van der Waals surface area (Å²) in [5.41, 5.74) is 7.67. The van der Waals surface area contributed by atoms with E-state index >= 15 is 0 Å². The molecule has 1 aliphatic rings. The van der Waals surface area contributed by atoms with Crippen LogP contribution in [0, 0.1) is 5.41 Å². The Morgan fingerprint density at radius 2 is 1.78 bits per heavy atom. The molecule has 1 aliphatic heterocycles. The number of nitrogens with one attached hydrogen (secondary N) is 2. The number of anilines is 2. The molecule has 186 valence electrons. The zero-order valence-corrected chi connectivity index (χ0v) is 19.9. The second-order valence-corrected chi connectivity index (χ2v) is 9.49. The molecule has 6 N–H and O–H groups in total. The van der Waals surface area contributed by atoms with Crippen LogP contribution in [0.15, 0.2) is 77.7 Å². The average Bonchev–Trinajstić information content (AvgIpc) is 3.11. The molecule has 1 fully saturated rings. The highest BCUT2D eigenvalue weighted by molar-refractivity contribution is 7.89. The number of carbonyl (C=O) groups excluding carboxylic acids is 2. The van der Waals surface area contributed by atoms with Crippen LogP contribution in [0.4, 0.5) is 21.0 Å². The third-order valence-corrected chi connectivity index (χ3v) is 6.41. The van der Waals surface area contributed by atoms with Crippen LogP contribution in [0.5, 0.6) is 0 Å². The Kier molecular flexibility index (Phi) is 6.64. The smallest absolute Gasteiger partial charge is 0.417 e. The van der Waals surface area contributed by atoms with Crippen LogP contribution in [0.3, 0.4) is 0 Å². The number of hydrogen-bond acceptors (Lipinski definition) is 7. The highest BCUT2D eigenvalue weighted by Crippen LogP contribution is 2.30. The van der Waals surface area contributed by atoms with E-state index in [2.05, 4.69) is 5.32 Å². The van der Waals surface area contributed by atoms with E-state index in [0.29, 0.717) is 28.1 Å². The number of cyclic esters (lactones) is 1. The topological polar surface area (TPSA) is 178 Å². The fraction of sp³-hybridized carbons (Fsp3) is 0.125. The van der Waals surface area contributed by atoms with Crippen molar-refractivity contribution in [3.8, 4) is 11.1 Å². The Morgan fingerprint density at radius 3 is 2.44 bits per heavy atom. The number of amides is 2. The normalized spacial score (nSPS) is 17.4. The quantitative estimate of drug-likeness (QED) is 0.291. The molecule has 3 aromatic carbocycles. The molecule has 0 aliphatic carbocycles. The molecule has 0 radical (unpaired) electrons. The molecular weight excluding hydrogens is 486 g/mol. The number of ether oxygens (including phenoxy) is 2. The van der Waals surface area contributed by atoms with Crippen molar-refractivity contribution in [3.63, 3.8) is 0 Å².